The summed E-state index contributed by atoms with van der Waals surface area (Å²) in [7, 11) is 0. The van der Waals surface area contributed by atoms with E-state index in [1.807, 2.05) is 6.07 Å². The van der Waals surface area contributed by atoms with Crippen molar-refractivity contribution in [2.24, 2.45) is 5.10 Å². The van der Waals surface area contributed by atoms with Gasteiger partial charge in [-0.2, -0.15) is 5.10 Å². The van der Waals surface area contributed by atoms with Gasteiger partial charge in [-0.25, -0.2) is 10.2 Å². The van der Waals surface area contributed by atoms with Gasteiger partial charge in [-0.15, -0.1) is 0 Å². The Balaban J connectivity index is 1.80. The zero-order valence-electron chi connectivity index (χ0n) is 14.2. The van der Waals surface area contributed by atoms with Crippen molar-refractivity contribution in [2.75, 3.05) is 6.61 Å². The molecular weight excluding hydrogens is 484 g/mol. The Morgan fingerprint density at radius 1 is 1.22 bits per heavy atom. The number of nitrogens with one attached hydrogen (secondary N) is 1. The summed E-state index contributed by atoms with van der Waals surface area (Å²) in [6, 6.07) is 12.0. The molecule has 0 saturated carbocycles. The number of rotatable bonds is 8. The molecule has 27 heavy (non-hydrogen) atoms. The number of aliphatic carboxylic acids is 1. The summed E-state index contributed by atoms with van der Waals surface area (Å²) in [5.41, 5.74) is 3.08. The summed E-state index contributed by atoms with van der Waals surface area (Å²) >= 11 is 6.69. The molecule has 2 rings (SSSR count). The van der Waals surface area contributed by atoms with Crippen LogP contribution < -0.4 is 14.9 Å². The van der Waals surface area contributed by atoms with Crippen LogP contribution in [0.2, 0.25) is 0 Å². The lowest BCUT2D eigenvalue weighted by molar-refractivity contribution is -0.144. The largest absolute Gasteiger partial charge is 0.483 e. The predicted molar refractivity (Wildman–Crippen MR) is 107 cm³/mol. The second kappa shape index (κ2) is 10.1. The molecule has 0 spiro atoms. The van der Waals surface area contributed by atoms with Gasteiger partial charge in [0.15, 0.2) is 12.7 Å². The number of hydrogen-bond acceptors (Lipinski definition) is 5. The Morgan fingerprint density at radius 3 is 2.56 bits per heavy atom. The van der Waals surface area contributed by atoms with Gasteiger partial charge in [0.25, 0.3) is 5.91 Å². The molecule has 9 heteroatoms. The SMILES string of the molecule is C[C@H](Oc1ccc(/C=N/NC(=O)COc2ccc(Br)cc2Br)cc1)C(=O)O. The summed E-state index contributed by atoms with van der Waals surface area (Å²) in [6.45, 7) is 1.26. The number of hydrazone groups is 1. The molecule has 0 unspecified atom stereocenters. The Bertz CT molecular complexity index is 840. The maximum atomic E-state index is 11.8. The van der Waals surface area contributed by atoms with Crippen molar-refractivity contribution in [3.05, 3.63) is 57.0 Å². The predicted octanol–water partition coefficient (Wildman–Crippen LogP) is 3.59. The first kappa shape index (κ1) is 20.9. The zero-order chi connectivity index (χ0) is 19.8. The molecule has 142 valence electrons. The summed E-state index contributed by atoms with van der Waals surface area (Å²) in [5.74, 6) is -0.472. The van der Waals surface area contributed by atoms with E-state index in [2.05, 4.69) is 42.4 Å². The third kappa shape index (κ3) is 7.03. The lowest BCUT2D eigenvalue weighted by atomic mass is 10.2. The minimum Gasteiger partial charge on any atom is -0.483 e. The Morgan fingerprint density at radius 2 is 1.93 bits per heavy atom. The number of carbonyl (C=O) groups excluding carboxylic acids is 1. The number of amides is 1. The molecule has 2 aromatic rings. The maximum Gasteiger partial charge on any atom is 0.344 e. The van der Waals surface area contributed by atoms with Crippen molar-refractivity contribution in [1.29, 1.82) is 0 Å². The van der Waals surface area contributed by atoms with Gasteiger partial charge in [-0.05, 0) is 70.9 Å². The molecule has 0 radical (unpaired) electrons. The fourth-order valence-electron chi connectivity index (χ4n) is 1.83. The van der Waals surface area contributed by atoms with Gasteiger partial charge >= 0.3 is 5.97 Å². The van der Waals surface area contributed by atoms with Gasteiger partial charge in [0.1, 0.15) is 11.5 Å². The molecule has 2 aromatic carbocycles. The third-order valence-corrected chi connectivity index (χ3v) is 4.31. The van der Waals surface area contributed by atoms with E-state index in [1.165, 1.54) is 13.1 Å². The van der Waals surface area contributed by atoms with E-state index in [4.69, 9.17) is 14.6 Å². The number of carboxylic acid groups (broad SMARTS) is 1. The van der Waals surface area contributed by atoms with Crippen LogP contribution in [-0.2, 0) is 9.59 Å². The normalized spacial score (nSPS) is 11.8. The molecule has 2 N–H and O–H groups in total. The van der Waals surface area contributed by atoms with Crippen LogP contribution in [-0.4, -0.2) is 35.9 Å². The Hall–Kier alpha value is -2.39. The van der Waals surface area contributed by atoms with Gasteiger partial charge < -0.3 is 14.6 Å². The van der Waals surface area contributed by atoms with E-state index < -0.39 is 18.0 Å². The molecule has 0 bridgehead atoms. The molecule has 0 aliphatic heterocycles. The summed E-state index contributed by atoms with van der Waals surface area (Å²) in [5, 5.41) is 12.7. The Labute approximate surface area is 172 Å². The highest BCUT2D eigenvalue weighted by atomic mass is 79.9. The van der Waals surface area contributed by atoms with E-state index in [-0.39, 0.29) is 6.61 Å². The van der Waals surface area contributed by atoms with Gasteiger partial charge in [0.2, 0.25) is 0 Å². The lowest BCUT2D eigenvalue weighted by Crippen LogP contribution is -2.24. The van der Waals surface area contributed by atoms with Crippen molar-refractivity contribution < 1.29 is 24.2 Å². The van der Waals surface area contributed by atoms with Gasteiger partial charge in [-0.3, -0.25) is 4.79 Å². The molecule has 0 fully saturated rings. The first-order valence-electron chi connectivity index (χ1n) is 7.74. The highest BCUT2D eigenvalue weighted by Gasteiger charge is 2.11. The van der Waals surface area contributed by atoms with Crippen molar-refractivity contribution in [3.8, 4) is 11.5 Å². The highest BCUT2D eigenvalue weighted by molar-refractivity contribution is 9.11. The van der Waals surface area contributed by atoms with E-state index in [9.17, 15) is 9.59 Å². The smallest absolute Gasteiger partial charge is 0.344 e. The molecule has 0 aromatic heterocycles. The van der Waals surface area contributed by atoms with Crippen molar-refractivity contribution in [3.63, 3.8) is 0 Å². The second-order valence-electron chi connectivity index (χ2n) is 5.32. The van der Waals surface area contributed by atoms with Crippen LogP contribution in [0.4, 0.5) is 0 Å². The number of nitrogens with zero attached hydrogens (tertiary/aromatic N) is 1. The zero-order valence-corrected chi connectivity index (χ0v) is 17.4. The van der Waals surface area contributed by atoms with Crippen LogP contribution in [0, 0.1) is 0 Å². The first-order chi connectivity index (χ1) is 12.8. The van der Waals surface area contributed by atoms with Gasteiger partial charge in [-0.1, -0.05) is 15.9 Å². The summed E-state index contributed by atoms with van der Waals surface area (Å²) in [4.78, 5) is 22.5. The standard InChI is InChI=1S/C18H16Br2N2O5/c1-11(18(24)25)27-14-5-2-12(3-6-14)9-21-22-17(23)10-26-16-7-4-13(19)8-15(16)20/h2-9,11H,10H2,1H3,(H,22,23)(H,24,25)/b21-9+/t11-/m0/s1. The fraction of sp³-hybridized carbons (Fsp3) is 0.167. The van der Waals surface area contributed by atoms with Crippen LogP contribution >= 0.6 is 31.9 Å². The quantitative estimate of drug-likeness (QED) is 0.427. The van der Waals surface area contributed by atoms with Crippen molar-refractivity contribution in [2.45, 2.75) is 13.0 Å². The van der Waals surface area contributed by atoms with E-state index in [0.717, 1.165) is 8.95 Å². The van der Waals surface area contributed by atoms with Gasteiger partial charge in [0.05, 0.1) is 10.7 Å². The van der Waals surface area contributed by atoms with Crippen molar-refractivity contribution in [1.82, 2.24) is 5.43 Å². The van der Waals surface area contributed by atoms with Crippen molar-refractivity contribution >= 4 is 50.0 Å². The minimum atomic E-state index is -1.04. The fourth-order valence-corrected chi connectivity index (χ4v) is 3.00. The minimum absolute atomic E-state index is 0.183. The molecule has 7 nitrogen and oxygen atoms in total. The number of ether oxygens (including phenoxy) is 2. The number of benzene rings is 2. The molecule has 0 heterocycles. The number of carboxylic acids is 1. The van der Waals surface area contributed by atoms with Gasteiger partial charge in [0, 0.05) is 4.47 Å². The second-order valence-corrected chi connectivity index (χ2v) is 7.09. The number of carbonyl (C=O) groups is 2. The van der Waals surface area contributed by atoms with E-state index in [0.29, 0.717) is 17.1 Å². The first-order valence-corrected chi connectivity index (χ1v) is 9.33. The van der Waals surface area contributed by atoms with Crippen LogP contribution in [0.1, 0.15) is 12.5 Å². The van der Waals surface area contributed by atoms with Crippen LogP contribution in [0.15, 0.2) is 56.5 Å². The van der Waals surface area contributed by atoms with E-state index in [1.54, 1.807) is 36.4 Å². The number of halogens is 2. The molecular formula is C18H16Br2N2O5. The highest BCUT2D eigenvalue weighted by Crippen LogP contribution is 2.28. The third-order valence-electron chi connectivity index (χ3n) is 3.20. The maximum absolute atomic E-state index is 11.8. The Kier molecular flexibility index (Phi) is 7.81. The van der Waals surface area contributed by atoms with E-state index >= 15 is 0 Å². The number of hydrogen-bond donors (Lipinski definition) is 2. The average Bonchev–Trinajstić information content (AvgIpc) is 2.62. The molecule has 0 aliphatic carbocycles. The monoisotopic (exact) mass is 498 g/mol. The lowest BCUT2D eigenvalue weighted by Gasteiger charge is -2.10. The van der Waals surface area contributed by atoms with Crippen LogP contribution in [0.5, 0.6) is 11.5 Å². The van der Waals surface area contributed by atoms with Crippen LogP contribution in [0.25, 0.3) is 0 Å². The average molecular weight is 500 g/mol. The molecule has 1 atom stereocenters. The molecule has 0 aliphatic rings. The summed E-state index contributed by atoms with van der Waals surface area (Å²) < 4.78 is 12.3. The van der Waals surface area contributed by atoms with Crippen LogP contribution in [0.3, 0.4) is 0 Å². The topological polar surface area (TPSA) is 97.2 Å². The molecule has 1 amide bonds. The molecule has 0 saturated heterocycles. The summed E-state index contributed by atoms with van der Waals surface area (Å²) in [6.07, 6.45) is 0.521.